The van der Waals surface area contributed by atoms with Crippen LogP contribution in [-0.4, -0.2) is 60.2 Å². The lowest BCUT2D eigenvalue weighted by atomic mass is 10.3. The third-order valence-corrected chi connectivity index (χ3v) is 3.98. The van der Waals surface area contributed by atoms with Crippen molar-refractivity contribution < 1.29 is 13.9 Å². The minimum absolute atomic E-state index is 0.258. The van der Waals surface area contributed by atoms with E-state index >= 15 is 0 Å². The second kappa shape index (κ2) is 8.68. The van der Waals surface area contributed by atoms with Crippen LogP contribution >= 0.6 is 0 Å². The Morgan fingerprint density at radius 3 is 2.85 bits per heavy atom. The topological polar surface area (TPSA) is 79.4 Å². The average molecular weight is 359 g/mol. The Bertz CT molecular complexity index is 765. The molecular weight excluding hydrogens is 337 g/mol. The van der Waals surface area contributed by atoms with E-state index in [0.717, 1.165) is 32.8 Å². The smallest absolute Gasteiger partial charge is 0.270 e. The Balaban J connectivity index is 1.60. The Hall–Kier alpha value is -2.58. The van der Waals surface area contributed by atoms with Crippen LogP contribution in [0.2, 0.25) is 0 Å². The molecule has 1 amide bonds. The molecule has 1 aliphatic rings. The van der Waals surface area contributed by atoms with Crippen LogP contribution in [-0.2, 0) is 4.74 Å². The summed E-state index contributed by atoms with van der Waals surface area (Å²) in [5, 5.41) is 5.87. The molecule has 0 radical (unpaired) electrons. The summed E-state index contributed by atoms with van der Waals surface area (Å²) in [4.78, 5) is 23.0. The number of aryl methyl sites for hydroxylation is 1. The molecule has 7 nitrogen and oxygen atoms in total. The minimum Gasteiger partial charge on any atom is -0.379 e. The summed E-state index contributed by atoms with van der Waals surface area (Å²) in [5.74, 6) is 0.305. The molecule has 2 heterocycles. The van der Waals surface area contributed by atoms with Crippen molar-refractivity contribution in [3.8, 4) is 0 Å². The standard InChI is InChI=1S/C18H22FN5O2/c1-13-21-16(18(25)20-5-6-24-7-9-26-10-8-24)12-17(22-13)23-15-4-2-3-14(19)11-15/h2-4,11-12H,5-10H2,1H3,(H,20,25)(H,21,22,23). The Morgan fingerprint density at radius 1 is 1.27 bits per heavy atom. The molecular formula is C18H22FN5O2. The van der Waals surface area contributed by atoms with Gasteiger partial charge in [0.1, 0.15) is 23.2 Å². The van der Waals surface area contributed by atoms with Gasteiger partial charge in [0.15, 0.2) is 0 Å². The van der Waals surface area contributed by atoms with E-state index in [-0.39, 0.29) is 17.4 Å². The van der Waals surface area contributed by atoms with Gasteiger partial charge in [-0.2, -0.15) is 0 Å². The van der Waals surface area contributed by atoms with Crippen LogP contribution in [0.4, 0.5) is 15.9 Å². The molecule has 2 aromatic rings. The van der Waals surface area contributed by atoms with Gasteiger partial charge in [0.2, 0.25) is 0 Å². The van der Waals surface area contributed by atoms with Gasteiger partial charge in [-0.1, -0.05) is 6.07 Å². The maximum Gasteiger partial charge on any atom is 0.270 e. The minimum atomic E-state index is -0.346. The SMILES string of the molecule is Cc1nc(Nc2cccc(F)c2)cc(C(=O)NCCN2CCOCC2)n1. The van der Waals surface area contributed by atoms with Gasteiger partial charge >= 0.3 is 0 Å². The van der Waals surface area contributed by atoms with Crippen molar-refractivity contribution >= 4 is 17.4 Å². The second-order valence-electron chi connectivity index (χ2n) is 6.03. The number of aromatic nitrogens is 2. The van der Waals surface area contributed by atoms with Crippen molar-refractivity contribution in [2.45, 2.75) is 6.92 Å². The van der Waals surface area contributed by atoms with E-state index in [1.807, 2.05) is 0 Å². The van der Waals surface area contributed by atoms with Gasteiger partial charge < -0.3 is 15.4 Å². The summed E-state index contributed by atoms with van der Waals surface area (Å²) < 4.78 is 18.6. The van der Waals surface area contributed by atoms with E-state index in [0.29, 0.717) is 23.9 Å². The zero-order chi connectivity index (χ0) is 18.4. The van der Waals surface area contributed by atoms with Crippen LogP contribution in [0.3, 0.4) is 0 Å². The largest absolute Gasteiger partial charge is 0.379 e. The van der Waals surface area contributed by atoms with Gasteiger partial charge in [-0.25, -0.2) is 14.4 Å². The first kappa shape index (κ1) is 18.2. The lowest BCUT2D eigenvalue weighted by molar-refractivity contribution is 0.0383. The summed E-state index contributed by atoms with van der Waals surface area (Å²) >= 11 is 0. The van der Waals surface area contributed by atoms with E-state index in [9.17, 15) is 9.18 Å². The number of nitrogens with one attached hydrogen (secondary N) is 2. The van der Waals surface area contributed by atoms with Crippen molar-refractivity contribution in [2.24, 2.45) is 0 Å². The first-order valence-corrected chi connectivity index (χ1v) is 8.57. The molecule has 1 aromatic carbocycles. The highest BCUT2D eigenvalue weighted by atomic mass is 19.1. The molecule has 26 heavy (non-hydrogen) atoms. The maximum absolute atomic E-state index is 13.3. The predicted molar refractivity (Wildman–Crippen MR) is 96.0 cm³/mol. The van der Waals surface area contributed by atoms with Gasteiger partial charge in [0.05, 0.1) is 13.2 Å². The third kappa shape index (κ3) is 5.21. The molecule has 1 fully saturated rings. The van der Waals surface area contributed by atoms with Crippen LogP contribution in [0.25, 0.3) is 0 Å². The number of benzene rings is 1. The normalized spacial score (nSPS) is 14.8. The van der Waals surface area contributed by atoms with E-state index in [1.165, 1.54) is 12.1 Å². The number of carbonyl (C=O) groups excluding carboxylic acids is 1. The second-order valence-corrected chi connectivity index (χ2v) is 6.03. The van der Waals surface area contributed by atoms with Gasteiger partial charge in [0.25, 0.3) is 5.91 Å². The first-order valence-electron chi connectivity index (χ1n) is 8.57. The van der Waals surface area contributed by atoms with Crippen molar-refractivity contribution in [3.63, 3.8) is 0 Å². The molecule has 8 heteroatoms. The van der Waals surface area contributed by atoms with Crippen LogP contribution in [0.1, 0.15) is 16.3 Å². The molecule has 0 unspecified atom stereocenters. The highest BCUT2D eigenvalue weighted by Crippen LogP contribution is 2.16. The summed E-state index contributed by atoms with van der Waals surface area (Å²) in [6.07, 6.45) is 0. The molecule has 0 aliphatic carbocycles. The number of hydrogen-bond donors (Lipinski definition) is 2. The van der Waals surface area contributed by atoms with Gasteiger partial charge in [-0.05, 0) is 25.1 Å². The molecule has 1 aromatic heterocycles. The molecule has 1 aliphatic heterocycles. The Kier molecular flexibility index (Phi) is 6.08. The number of halogens is 1. The molecule has 3 rings (SSSR count). The van der Waals surface area contributed by atoms with Gasteiger partial charge in [0, 0.05) is 37.9 Å². The van der Waals surface area contributed by atoms with E-state index in [4.69, 9.17) is 4.74 Å². The zero-order valence-electron chi connectivity index (χ0n) is 14.7. The van der Waals surface area contributed by atoms with Crippen LogP contribution < -0.4 is 10.6 Å². The lowest BCUT2D eigenvalue weighted by Gasteiger charge is -2.26. The number of carbonyl (C=O) groups is 1. The fourth-order valence-corrected chi connectivity index (χ4v) is 2.71. The molecule has 138 valence electrons. The van der Waals surface area contributed by atoms with E-state index in [1.54, 1.807) is 25.1 Å². The van der Waals surface area contributed by atoms with Crippen molar-refractivity contribution in [2.75, 3.05) is 44.7 Å². The highest BCUT2D eigenvalue weighted by molar-refractivity contribution is 5.93. The van der Waals surface area contributed by atoms with Crippen LogP contribution in [0.15, 0.2) is 30.3 Å². The molecule has 2 N–H and O–H groups in total. The van der Waals surface area contributed by atoms with Gasteiger partial charge in [-0.3, -0.25) is 9.69 Å². The summed E-state index contributed by atoms with van der Waals surface area (Å²) in [5.41, 5.74) is 0.833. The molecule has 1 saturated heterocycles. The number of rotatable bonds is 6. The number of amides is 1. The highest BCUT2D eigenvalue weighted by Gasteiger charge is 2.13. The molecule has 0 atom stereocenters. The number of ether oxygens (including phenoxy) is 1. The molecule has 0 saturated carbocycles. The van der Waals surface area contributed by atoms with Crippen LogP contribution in [0.5, 0.6) is 0 Å². The van der Waals surface area contributed by atoms with Crippen LogP contribution in [0, 0.1) is 12.7 Å². The number of morpholine rings is 1. The lowest BCUT2D eigenvalue weighted by Crippen LogP contribution is -2.41. The van der Waals surface area contributed by atoms with Gasteiger partial charge in [-0.15, -0.1) is 0 Å². The maximum atomic E-state index is 13.3. The van der Waals surface area contributed by atoms with Crippen molar-refractivity contribution in [3.05, 3.63) is 47.7 Å². The Labute approximate surface area is 151 Å². The fraction of sp³-hybridized carbons (Fsp3) is 0.389. The summed E-state index contributed by atoms with van der Waals surface area (Å²) in [6.45, 7) is 6.24. The fourth-order valence-electron chi connectivity index (χ4n) is 2.71. The molecule has 0 spiro atoms. The molecule has 0 bridgehead atoms. The summed E-state index contributed by atoms with van der Waals surface area (Å²) in [6, 6.07) is 7.61. The van der Waals surface area contributed by atoms with Crippen molar-refractivity contribution in [1.29, 1.82) is 0 Å². The zero-order valence-corrected chi connectivity index (χ0v) is 14.7. The third-order valence-electron chi connectivity index (χ3n) is 3.98. The monoisotopic (exact) mass is 359 g/mol. The first-order chi connectivity index (χ1) is 12.6. The summed E-state index contributed by atoms with van der Waals surface area (Å²) in [7, 11) is 0. The number of hydrogen-bond acceptors (Lipinski definition) is 6. The van der Waals surface area contributed by atoms with E-state index < -0.39 is 0 Å². The Morgan fingerprint density at radius 2 is 2.08 bits per heavy atom. The number of anilines is 2. The number of nitrogens with zero attached hydrogens (tertiary/aromatic N) is 3. The van der Waals surface area contributed by atoms with E-state index in [2.05, 4.69) is 25.5 Å². The predicted octanol–water partition coefficient (Wildman–Crippen LogP) is 1.73. The average Bonchev–Trinajstić information content (AvgIpc) is 2.62. The van der Waals surface area contributed by atoms with Crippen molar-refractivity contribution in [1.82, 2.24) is 20.2 Å². The quantitative estimate of drug-likeness (QED) is 0.818.